The molecule has 0 radical (unpaired) electrons. The van der Waals surface area contributed by atoms with Gasteiger partial charge in [-0.25, -0.2) is 4.79 Å². The lowest BCUT2D eigenvalue weighted by molar-refractivity contribution is -0.114. The van der Waals surface area contributed by atoms with Crippen molar-refractivity contribution in [3.05, 3.63) is 52.2 Å². The molecule has 1 atom stereocenters. The summed E-state index contributed by atoms with van der Waals surface area (Å²) in [4.78, 5) is 24.1. The van der Waals surface area contributed by atoms with Gasteiger partial charge in [0.2, 0.25) is 5.91 Å². The van der Waals surface area contributed by atoms with Gasteiger partial charge in [-0.15, -0.1) is 11.3 Å². The summed E-state index contributed by atoms with van der Waals surface area (Å²) >= 11 is 1.61. The fraction of sp³-hybridized carbons (Fsp3) is 0.250. The molecule has 3 N–H and O–H groups in total. The molecule has 22 heavy (non-hydrogen) atoms. The molecule has 0 aliphatic carbocycles. The summed E-state index contributed by atoms with van der Waals surface area (Å²) in [5.74, 6) is -0.119. The third-order valence-electron chi connectivity index (χ3n) is 3.06. The highest BCUT2D eigenvalue weighted by Gasteiger charge is 2.10. The van der Waals surface area contributed by atoms with E-state index < -0.39 is 0 Å². The monoisotopic (exact) mass is 317 g/mol. The summed E-state index contributed by atoms with van der Waals surface area (Å²) in [5, 5.41) is 10.4. The van der Waals surface area contributed by atoms with Crippen LogP contribution in [0.4, 0.5) is 10.5 Å². The van der Waals surface area contributed by atoms with Gasteiger partial charge in [0, 0.05) is 17.5 Å². The van der Waals surface area contributed by atoms with Crippen LogP contribution in [0, 0.1) is 0 Å². The molecule has 1 aromatic carbocycles. The van der Waals surface area contributed by atoms with E-state index in [-0.39, 0.29) is 18.0 Å². The van der Waals surface area contributed by atoms with Crippen LogP contribution in [-0.2, 0) is 11.3 Å². The topological polar surface area (TPSA) is 70.2 Å². The molecule has 0 spiro atoms. The van der Waals surface area contributed by atoms with Gasteiger partial charge >= 0.3 is 6.03 Å². The van der Waals surface area contributed by atoms with Gasteiger partial charge < -0.3 is 16.0 Å². The van der Waals surface area contributed by atoms with Crippen molar-refractivity contribution in [2.24, 2.45) is 0 Å². The van der Waals surface area contributed by atoms with E-state index in [1.807, 2.05) is 48.7 Å². The Bertz CT molecular complexity index is 641. The largest absolute Gasteiger partial charge is 0.333 e. The molecule has 0 aliphatic rings. The first kappa shape index (κ1) is 16.0. The molecular formula is C16H19N3O2S. The van der Waals surface area contributed by atoms with Crippen molar-refractivity contribution in [2.45, 2.75) is 26.4 Å². The van der Waals surface area contributed by atoms with Crippen LogP contribution in [0.25, 0.3) is 0 Å². The second-order valence-corrected chi connectivity index (χ2v) is 5.97. The molecule has 3 amide bonds. The average Bonchev–Trinajstić information content (AvgIpc) is 2.98. The molecule has 2 aromatic rings. The minimum Gasteiger partial charge on any atom is -0.333 e. The first-order chi connectivity index (χ1) is 10.5. The summed E-state index contributed by atoms with van der Waals surface area (Å²) < 4.78 is 0. The number of anilines is 1. The zero-order valence-electron chi connectivity index (χ0n) is 12.6. The molecular weight excluding hydrogens is 298 g/mol. The number of nitrogens with one attached hydrogen (secondary N) is 3. The van der Waals surface area contributed by atoms with Crippen LogP contribution >= 0.6 is 11.3 Å². The maximum atomic E-state index is 11.9. The van der Waals surface area contributed by atoms with E-state index in [4.69, 9.17) is 0 Å². The highest BCUT2D eigenvalue weighted by atomic mass is 32.1. The number of rotatable bonds is 5. The second kappa shape index (κ2) is 7.61. The van der Waals surface area contributed by atoms with E-state index >= 15 is 0 Å². The van der Waals surface area contributed by atoms with Crippen LogP contribution in [-0.4, -0.2) is 11.9 Å². The highest BCUT2D eigenvalue weighted by molar-refractivity contribution is 7.09. The average molecular weight is 317 g/mol. The second-order valence-electron chi connectivity index (χ2n) is 4.93. The van der Waals surface area contributed by atoms with E-state index in [1.54, 1.807) is 11.3 Å². The number of amides is 3. The van der Waals surface area contributed by atoms with Crippen LogP contribution < -0.4 is 16.0 Å². The Labute approximate surface area is 133 Å². The molecule has 0 aliphatic heterocycles. The number of hydrogen-bond donors (Lipinski definition) is 3. The fourth-order valence-corrected chi connectivity index (χ4v) is 2.65. The number of hydrogen-bond acceptors (Lipinski definition) is 3. The van der Waals surface area contributed by atoms with Crippen molar-refractivity contribution in [3.8, 4) is 0 Å². The van der Waals surface area contributed by atoms with Crippen molar-refractivity contribution >= 4 is 29.0 Å². The number of thiophene rings is 1. The van der Waals surface area contributed by atoms with Crippen LogP contribution in [0.5, 0.6) is 0 Å². The minimum absolute atomic E-state index is 0.119. The Morgan fingerprint density at radius 1 is 1.23 bits per heavy atom. The van der Waals surface area contributed by atoms with Gasteiger partial charge in [-0.3, -0.25) is 4.79 Å². The Kier molecular flexibility index (Phi) is 5.55. The van der Waals surface area contributed by atoms with Gasteiger partial charge in [-0.1, -0.05) is 18.2 Å². The summed E-state index contributed by atoms with van der Waals surface area (Å²) in [5.41, 5.74) is 1.65. The maximum Gasteiger partial charge on any atom is 0.315 e. The molecule has 0 saturated heterocycles. The lowest BCUT2D eigenvalue weighted by Gasteiger charge is -2.16. The molecule has 1 aromatic heterocycles. The summed E-state index contributed by atoms with van der Waals surface area (Å²) in [6, 6.07) is 11.0. The summed E-state index contributed by atoms with van der Waals surface area (Å²) in [7, 11) is 0. The first-order valence-corrected chi connectivity index (χ1v) is 7.87. The Hall–Kier alpha value is -2.34. The standard InChI is InChI=1S/C16H19N3O2S/c1-11(13-5-3-6-14(9-13)19-12(2)20)18-16(21)17-10-15-7-4-8-22-15/h3-9,11H,10H2,1-2H3,(H,19,20)(H2,17,18,21). The molecule has 5 nitrogen and oxygen atoms in total. The van der Waals surface area contributed by atoms with Gasteiger partial charge in [0.05, 0.1) is 12.6 Å². The Morgan fingerprint density at radius 2 is 2.05 bits per heavy atom. The van der Waals surface area contributed by atoms with E-state index in [0.29, 0.717) is 6.54 Å². The van der Waals surface area contributed by atoms with E-state index in [2.05, 4.69) is 16.0 Å². The number of benzene rings is 1. The van der Waals surface area contributed by atoms with Crippen molar-refractivity contribution in [1.29, 1.82) is 0 Å². The smallest absolute Gasteiger partial charge is 0.315 e. The van der Waals surface area contributed by atoms with E-state index in [9.17, 15) is 9.59 Å². The van der Waals surface area contributed by atoms with Crippen molar-refractivity contribution in [3.63, 3.8) is 0 Å². The van der Waals surface area contributed by atoms with Crippen molar-refractivity contribution in [1.82, 2.24) is 10.6 Å². The predicted octanol–water partition coefficient (Wildman–Crippen LogP) is 3.27. The quantitative estimate of drug-likeness (QED) is 0.792. The maximum absolute atomic E-state index is 11.9. The Morgan fingerprint density at radius 3 is 2.73 bits per heavy atom. The Balaban J connectivity index is 1.89. The minimum atomic E-state index is -0.217. The normalized spacial score (nSPS) is 11.5. The molecule has 0 fully saturated rings. The van der Waals surface area contributed by atoms with Crippen LogP contribution in [0.3, 0.4) is 0 Å². The third kappa shape index (κ3) is 4.89. The van der Waals surface area contributed by atoms with Crippen LogP contribution in [0.2, 0.25) is 0 Å². The lowest BCUT2D eigenvalue weighted by atomic mass is 10.1. The summed E-state index contributed by atoms with van der Waals surface area (Å²) in [6.07, 6.45) is 0. The molecule has 116 valence electrons. The molecule has 1 heterocycles. The van der Waals surface area contributed by atoms with Gasteiger partial charge in [0.15, 0.2) is 0 Å². The van der Waals surface area contributed by atoms with E-state index in [1.165, 1.54) is 6.92 Å². The van der Waals surface area contributed by atoms with E-state index in [0.717, 1.165) is 16.1 Å². The van der Waals surface area contributed by atoms with Gasteiger partial charge in [0.1, 0.15) is 0 Å². The first-order valence-electron chi connectivity index (χ1n) is 6.99. The van der Waals surface area contributed by atoms with Gasteiger partial charge in [-0.2, -0.15) is 0 Å². The zero-order valence-corrected chi connectivity index (χ0v) is 13.4. The molecule has 6 heteroatoms. The predicted molar refractivity (Wildman–Crippen MR) is 88.9 cm³/mol. The van der Waals surface area contributed by atoms with Crippen molar-refractivity contribution in [2.75, 3.05) is 5.32 Å². The SMILES string of the molecule is CC(=O)Nc1cccc(C(C)NC(=O)NCc2cccs2)c1. The van der Waals surface area contributed by atoms with Gasteiger partial charge in [0.25, 0.3) is 0 Å². The molecule has 1 unspecified atom stereocenters. The summed E-state index contributed by atoms with van der Waals surface area (Å²) in [6.45, 7) is 3.88. The molecule has 2 rings (SSSR count). The third-order valence-corrected chi connectivity index (χ3v) is 3.93. The highest BCUT2D eigenvalue weighted by Crippen LogP contribution is 2.17. The molecule has 0 bridgehead atoms. The number of carbonyl (C=O) groups excluding carboxylic acids is 2. The fourth-order valence-electron chi connectivity index (χ4n) is 2.00. The van der Waals surface area contributed by atoms with Gasteiger partial charge in [-0.05, 0) is 36.1 Å². The van der Waals surface area contributed by atoms with Crippen LogP contribution in [0.15, 0.2) is 41.8 Å². The lowest BCUT2D eigenvalue weighted by Crippen LogP contribution is -2.36. The van der Waals surface area contributed by atoms with Crippen molar-refractivity contribution < 1.29 is 9.59 Å². The zero-order chi connectivity index (χ0) is 15.9. The van der Waals surface area contributed by atoms with Crippen LogP contribution in [0.1, 0.15) is 30.3 Å². The number of urea groups is 1. The number of carbonyl (C=O) groups is 2. The molecule has 0 saturated carbocycles.